The van der Waals surface area contributed by atoms with Crippen LogP contribution in [0.1, 0.15) is 19.8 Å². The van der Waals surface area contributed by atoms with Gasteiger partial charge in [-0.25, -0.2) is 13.6 Å². The first-order valence-corrected chi connectivity index (χ1v) is 6.64. The maximum atomic E-state index is 13.5. The van der Waals surface area contributed by atoms with Crippen LogP contribution in [0.2, 0.25) is 0 Å². The number of hydrogen-bond donors (Lipinski definition) is 2. The Morgan fingerprint density at radius 3 is 2.48 bits per heavy atom. The number of halogens is 2. The van der Waals surface area contributed by atoms with Crippen LogP contribution >= 0.6 is 0 Å². The van der Waals surface area contributed by atoms with Crippen LogP contribution in [0.15, 0.2) is 18.2 Å². The largest absolute Gasteiger partial charge is 0.481 e. The maximum absolute atomic E-state index is 13.5. The standard InChI is InChI=1S/C14H16F2N2O3/c1-8-7-9(13(19)20)5-6-18(8)14(21)17-12-10(15)3-2-4-11(12)16/h2-4,8-9H,5-7H2,1H3,(H,17,21)(H,19,20). The summed E-state index contributed by atoms with van der Waals surface area (Å²) >= 11 is 0. The zero-order valence-electron chi connectivity index (χ0n) is 11.5. The summed E-state index contributed by atoms with van der Waals surface area (Å²) in [7, 11) is 0. The fourth-order valence-electron chi connectivity index (χ4n) is 2.49. The van der Waals surface area contributed by atoms with Crippen LogP contribution in [0.5, 0.6) is 0 Å². The number of aliphatic carboxylic acids is 1. The van der Waals surface area contributed by atoms with Gasteiger partial charge in [0.2, 0.25) is 0 Å². The molecule has 1 aliphatic heterocycles. The Morgan fingerprint density at radius 2 is 1.95 bits per heavy atom. The van der Waals surface area contributed by atoms with Gasteiger partial charge < -0.3 is 15.3 Å². The number of carboxylic acids is 1. The molecule has 1 aliphatic rings. The quantitative estimate of drug-likeness (QED) is 0.882. The second-order valence-corrected chi connectivity index (χ2v) is 5.13. The van der Waals surface area contributed by atoms with Crippen LogP contribution in [0.25, 0.3) is 0 Å². The second-order valence-electron chi connectivity index (χ2n) is 5.13. The minimum Gasteiger partial charge on any atom is -0.481 e. The molecule has 0 saturated carbocycles. The third-order valence-corrected chi connectivity index (χ3v) is 3.68. The van der Waals surface area contributed by atoms with Gasteiger partial charge in [-0.3, -0.25) is 4.79 Å². The number of rotatable bonds is 2. The average molecular weight is 298 g/mol. The van der Waals surface area contributed by atoms with Gasteiger partial charge >= 0.3 is 12.0 Å². The van der Waals surface area contributed by atoms with Gasteiger partial charge in [0.25, 0.3) is 0 Å². The lowest BCUT2D eigenvalue weighted by Crippen LogP contribution is -2.48. The third kappa shape index (κ3) is 3.29. The molecule has 2 rings (SSSR count). The van der Waals surface area contributed by atoms with E-state index in [1.165, 1.54) is 11.0 Å². The Bertz CT molecular complexity index is 545. The molecule has 1 fully saturated rings. The van der Waals surface area contributed by atoms with Crippen LogP contribution in [0.4, 0.5) is 19.3 Å². The topological polar surface area (TPSA) is 69.6 Å². The van der Waals surface area contributed by atoms with E-state index in [1.807, 2.05) is 0 Å². The molecule has 2 amide bonds. The van der Waals surface area contributed by atoms with Crippen molar-refractivity contribution in [2.24, 2.45) is 5.92 Å². The molecule has 114 valence electrons. The Labute approximate surface area is 120 Å². The maximum Gasteiger partial charge on any atom is 0.322 e. The lowest BCUT2D eigenvalue weighted by molar-refractivity contribution is -0.143. The number of hydrogen-bond acceptors (Lipinski definition) is 2. The SMILES string of the molecule is CC1CC(C(=O)O)CCN1C(=O)Nc1c(F)cccc1F. The number of carbonyl (C=O) groups is 2. The Morgan fingerprint density at radius 1 is 1.33 bits per heavy atom. The van der Waals surface area contributed by atoms with Crippen LogP contribution in [0.3, 0.4) is 0 Å². The smallest absolute Gasteiger partial charge is 0.322 e. The third-order valence-electron chi connectivity index (χ3n) is 3.68. The first kappa shape index (κ1) is 15.2. The summed E-state index contributed by atoms with van der Waals surface area (Å²) in [6, 6.07) is 2.38. The molecule has 1 aromatic rings. The molecule has 0 radical (unpaired) electrons. The van der Waals surface area contributed by atoms with Gasteiger partial charge in [0.1, 0.15) is 17.3 Å². The number of nitrogens with zero attached hydrogens (tertiary/aromatic N) is 1. The van der Waals surface area contributed by atoms with Crippen molar-refractivity contribution < 1.29 is 23.5 Å². The van der Waals surface area contributed by atoms with E-state index in [9.17, 15) is 18.4 Å². The highest BCUT2D eigenvalue weighted by atomic mass is 19.1. The molecule has 21 heavy (non-hydrogen) atoms. The van der Waals surface area contributed by atoms with Gasteiger partial charge in [-0.2, -0.15) is 0 Å². The molecular weight excluding hydrogens is 282 g/mol. The molecule has 0 aliphatic carbocycles. The van der Waals surface area contributed by atoms with Crippen molar-refractivity contribution in [1.29, 1.82) is 0 Å². The van der Waals surface area contributed by atoms with Gasteiger partial charge in [0.15, 0.2) is 0 Å². The molecule has 1 saturated heterocycles. The van der Waals surface area contributed by atoms with Crippen molar-refractivity contribution in [3.8, 4) is 0 Å². The van der Waals surface area contributed by atoms with E-state index in [4.69, 9.17) is 5.11 Å². The lowest BCUT2D eigenvalue weighted by atomic mass is 9.92. The minimum atomic E-state index is -0.887. The number of amides is 2. The molecule has 0 spiro atoms. The number of urea groups is 1. The van der Waals surface area contributed by atoms with Gasteiger partial charge in [0.05, 0.1) is 5.92 Å². The van der Waals surface area contributed by atoms with Crippen LogP contribution < -0.4 is 5.32 Å². The lowest BCUT2D eigenvalue weighted by Gasteiger charge is -2.36. The molecule has 1 aromatic carbocycles. The highest BCUT2D eigenvalue weighted by Crippen LogP contribution is 2.25. The van der Waals surface area contributed by atoms with E-state index in [0.29, 0.717) is 12.8 Å². The van der Waals surface area contributed by atoms with Crippen molar-refractivity contribution in [3.05, 3.63) is 29.8 Å². The fraction of sp³-hybridized carbons (Fsp3) is 0.429. The summed E-state index contributed by atoms with van der Waals surface area (Å²) in [6.45, 7) is 1.95. The van der Waals surface area contributed by atoms with E-state index in [0.717, 1.165) is 12.1 Å². The number of piperidine rings is 1. The number of carbonyl (C=O) groups excluding carboxylic acids is 1. The van der Waals surface area contributed by atoms with Gasteiger partial charge in [0, 0.05) is 12.6 Å². The zero-order chi connectivity index (χ0) is 15.6. The molecule has 1 heterocycles. The molecular formula is C14H16F2N2O3. The Balaban J connectivity index is 2.06. The molecule has 7 heteroatoms. The first-order valence-electron chi connectivity index (χ1n) is 6.64. The van der Waals surface area contributed by atoms with Crippen molar-refractivity contribution >= 4 is 17.7 Å². The number of carboxylic acid groups (broad SMARTS) is 1. The van der Waals surface area contributed by atoms with Crippen LogP contribution in [-0.2, 0) is 4.79 Å². The Kier molecular flexibility index (Phi) is 4.40. The van der Waals surface area contributed by atoms with Gasteiger partial charge in [-0.1, -0.05) is 6.07 Å². The number of anilines is 1. The number of benzene rings is 1. The highest BCUT2D eigenvalue weighted by Gasteiger charge is 2.32. The van der Waals surface area contributed by atoms with E-state index >= 15 is 0 Å². The van der Waals surface area contributed by atoms with Crippen molar-refractivity contribution in [1.82, 2.24) is 4.90 Å². The molecule has 2 N–H and O–H groups in total. The predicted molar refractivity (Wildman–Crippen MR) is 71.9 cm³/mol. The summed E-state index contributed by atoms with van der Waals surface area (Å²) in [4.78, 5) is 24.4. The summed E-state index contributed by atoms with van der Waals surface area (Å²) in [5, 5.41) is 11.2. The van der Waals surface area contributed by atoms with Crippen molar-refractivity contribution in [2.75, 3.05) is 11.9 Å². The Hall–Kier alpha value is -2.18. The monoisotopic (exact) mass is 298 g/mol. The molecule has 0 bridgehead atoms. The summed E-state index contributed by atoms with van der Waals surface area (Å²) < 4.78 is 27.0. The number of para-hydroxylation sites is 1. The zero-order valence-corrected chi connectivity index (χ0v) is 11.5. The van der Waals surface area contributed by atoms with E-state index in [1.54, 1.807) is 6.92 Å². The van der Waals surface area contributed by atoms with Gasteiger partial charge in [-0.05, 0) is 31.9 Å². The van der Waals surface area contributed by atoms with E-state index in [2.05, 4.69) is 5.32 Å². The van der Waals surface area contributed by atoms with Crippen LogP contribution in [0, 0.1) is 17.6 Å². The number of likely N-dealkylation sites (tertiary alicyclic amines) is 1. The summed E-state index contributed by atoms with van der Waals surface area (Å²) in [6.07, 6.45) is 0.648. The van der Waals surface area contributed by atoms with Crippen molar-refractivity contribution in [2.45, 2.75) is 25.8 Å². The van der Waals surface area contributed by atoms with Gasteiger partial charge in [-0.15, -0.1) is 0 Å². The molecule has 2 unspecified atom stereocenters. The average Bonchev–Trinajstić information content (AvgIpc) is 2.42. The fourth-order valence-corrected chi connectivity index (χ4v) is 2.49. The first-order chi connectivity index (χ1) is 9.90. The normalized spacial score (nSPS) is 22.0. The van der Waals surface area contributed by atoms with Crippen LogP contribution in [-0.4, -0.2) is 34.6 Å². The molecule has 2 atom stereocenters. The minimum absolute atomic E-state index is 0.236. The molecule has 5 nitrogen and oxygen atoms in total. The highest BCUT2D eigenvalue weighted by molar-refractivity contribution is 5.90. The van der Waals surface area contributed by atoms with Crippen molar-refractivity contribution in [3.63, 3.8) is 0 Å². The van der Waals surface area contributed by atoms with E-state index in [-0.39, 0.29) is 12.6 Å². The number of nitrogens with one attached hydrogen (secondary N) is 1. The van der Waals surface area contributed by atoms with E-state index < -0.39 is 35.2 Å². The molecule has 0 aromatic heterocycles. The predicted octanol–water partition coefficient (Wildman–Crippen LogP) is 2.68. The summed E-state index contributed by atoms with van der Waals surface area (Å²) in [5.41, 5.74) is -0.491. The second kappa shape index (κ2) is 6.07. The summed E-state index contributed by atoms with van der Waals surface area (Å²) in [5.74, 6) is -3.08.